The van der Waals surface area contributed by atoms with Crippen molar-refractivity contribution in [3.05, 3.63) is 0 Å². The Balaban J connectivity index is 1.90. The zero-order valence-electron chi connectivity index (χ0n) is 19.1. The normalized spacial score (nSPS) is 42.2. The van der Waals surface area contributed by atoms with Crippen molar-refractivity contribution in [1.82, 2.24) is 5.32 Å². The first kappa shape index (κ1) is 26.4. The van der Waals surface area contributed by atoms with E-state index in [1.165, 1.54) is 6.92 Å². The van der Waals surface area contributed by atoms with Gasteiger partial charge in [0.2, 0.25) is 5.91 Å². The van der Waals surface area contributed by atoms with Gasteiger partial charge in [-0.3, -0.25) is 4.79 Å². The number of carbonyl (C=O) groups is 1. The number of nitrogens with one attached hydrogen (secondary N) is 1. The third-order valence-corrected chi connectivity index (χ3v) is 6.33. The summed E-state index contributed by atoms with van der Waals surface area (Å²) >= 11 is 0. The predicted molar refractivity (Wildman–Crippen MR) is 112 cm³/mol. The largest absolute Gasteiger partial charge is 0.391 e. The molecule has 11 atom stereocenters. The lowest BCUT2D eigenvalue weighted by Gasteiger charge is -2.44. The average Bonchev–Trinajstić information content (AvgIpc) is 2.72. The lowest BCUT2D eigenvalue weighted by molar-refractivity contribution is -0.202. The summed E-state index contributed by atoms with van der Waals surface area (Å²) in [5.74, 6) is -0.702. The molecule has 1 amide bonds. The van der Waals surface area contributed by atoms with Gasteiger partial charge in [-0.15, -0.1) is 0 Å². The van der Waals surface area contributed by atoms with Crippen LogP contribution < -0.4 is 11.1 Å². The molecule has 2 heterocycles. The molecule has 2 aliphatic heterocycles. The van der Waals surface area contributed by atoms with Gasteiger partial charge in [0.05, 0.1) is 62.4 Å². The predicted octanol–water partition coefficient (Wildman–Crippen LogP) is -1.08. The van der Waals surface area contributed by atoms with Crippen LogP contribution in [0.25, 0.3) is 0 Å². The van der Waals surface area contributed by atoms with E-state index in [0.717, 1.165) is 6.42 Å². The van der Waals surface area contributed by atoms with Crippen LogP contribution in [0.15, 0.2) is 0 Å². The van der Waals surface area contributed by atoms with E-state index in [0.29, 0.717) is 6.61 Å². The summed E-state index contributed by atoms with van der Waals surface area (Å²) in [4.78, 5) is 11.5. The first-order valence-electron chi connectivity index (χ1n) is 11.1. The summed E-state index contributed by atoms with van der Waals surface area (Å²) in [5, 5.41) is 33.7. The van der Waals surface area contributed by atoms with Gasteiger partial charge in [0.25, 0.3) is 0 Å². The van der Waals surface area contributed by atoms with Gasteiger partial charge >= 0.3 is 0 Å². The van der Waals surface area contributed by atoms with Crippen LogP contribution in [0, 0.1) is 5.92 Å². The zero-order valence-corrected chi connectivity index (χ0v) is 19.1. The molecule has 0 aromatic carbocycles. The van der Waals surface area contributed by atoms with Crippen LogP contribution in [0.5, 0.6) is 0 Å². The zero-order chi connectivity index (χ0) is 23.3. The Morgan fingerprint density at radius 3 is 2.29 bits per heavy atom. The lowest BCUT2D eigenvalue weighted by Crippen LogP contribution is -2.64. The molecule has 2 fully saturated rings. The molecule has 6 N–H and O–H groups in total. The number of rotatable bonds is 9. The summed E-state index contributed by atoms with van der Waals surface area (Å²) < 4.78 is 23.3. The molecular formula is C21H40N2O8. The van der Waals surface area contributed by atoms with Gasteiger partial charge in [-0.05, 0) is 27.2 Å². The molecule has 2 aliphatic rings. The Bertz CT molecular complexity index is 567. The number of carbonyl (C=O) groups excluding carboxylic acids is 1. The van der Waals surface area contributed by atoms with Crippen LogP contribution in [0.3, 0.4) is 0 Å². The summed E-state index contributed by atoms with van der Waals surface area (Å²) in [7, 11) is 0. The lowest BCUT2D eigenvalue weighted by atomic mass is 9.86. The maximum absolute atomic E-state index is 11.5. The quantitative estimate of drug-likeness (QED) is 0.296. The molecule has 0 bridgehead atoms. The summed E-state index contributed by atoms with van der Waals surface area (Å²) in [6.45, 7) is 9.38. The topological polar surface area (TPSA) is 153 Å². The number of ether oxygens (including phenoxy) is 4. The number of aliphatic hydroxyl groups excluding tert-OH is 3. The third kappa shape index (κ3) is 6.82. The fraction of sp³-hybridized carbons (Fsp3) is 0.952. The molecule has 0 saturated carbocycles. The minimum Gasteiger partial charge on any atom is -0.391 e. The number of hydrogen-bond donors (Lipinski definition) is 5. The number of nitrogens with two attached hydrogens (primary N) is 1. The standard InChI is InChI=1S/C21H40N2O8/c1-6-10(2)29-9-15-17(22)20(26)14(11(3)30-15)7-28-8-16-18(23-13(5)24)21(27)19(25)12(4)31-16/h10-12,14-21,25-27H,6-9,22H2,1-5H3,(H,23,24). The van der Waals surface area contributed by atoms with Gasteiger partial charge in [0, 0.05) is 12.8 Å². The van der Waals surface area contributed by atoms with Gasteiger partial charge in [-0.1, -0.05) is 6.92 Å². The van der Waals surface area contributed by atoms with Crippen molar-refractivity contribution in [1.29, 1.82) is 0 Å². The van der Waals surface area contributed by atoms with E-state index in [2.05, 4.69) is 5.32 Å². The second kappa shape index (κ2) is 11.9. The minimum atomic E-state index is -1.18. The molecule has 11 unspecified atom stereocenters. The molecule has 0 radical (unpaired) electrons. The molecule has 182 valence electrons. The minimum absolute atomic E-state index is 0.0603. The van der Waals surface area contributed by atoms with Gasteiger partial charge in [-0.2, -0.15) is 0 Å². The Morgan fingerprint density at radius 2 is 1.68 bits per heavy atom. The van der Waals surface area contributed by atoms with E-state index in [4.69, 9.17) is 24.7 Å². The molecule has 0 spiro atoms. The molecule has 0 aliphatic carbocycles. The number of aliphatic hydroxyl groups is 3. The van der Waals surface area contributed by atoms with Crippen molar-refractivity contribution in [2.24, 2.45) is 11.7 Å². The van der Waals surface area contributed by atoms with Crippen molar-refractivity contribution in [3.8, 4) is 0 Å². The second-order valence-electron chi connectivity index (χ2n) is 8.79. The van der Waals surface area contributed by atoms with Crippen LogP contribution in [0.4, 0.5) is 0 Å². The van der Waals surface area contributed by atoms with E-state index >= 15 is 0 Å². The maximum Gasteiger partial charge on any atom is 0.217 e. The van der Waals surface area contributed by atoms with Gasteiger partial charge in [-0.25, -0.2) is 0 Å². The highest BCUT2D eigenvalue weighted by molar-refractivity contribution is 5.73. The fourth-order valence-corrected chi connectivity index (χ4v) is 4.04. The summed E-state index contributed by atoms with van der Waals surface area (Å²) in [6.07, 6.45) is -4.13. The van der Waals surface area contributed by atoms with Gasteiger partial charge in [0.15, 0.2) is 0 Å². The van der Waals surface area contributed by atoms with Crippen molar-refractivity contribution in [3.63, 3.8) is 0 Å². The van der Waals surface area contributed by atoms with Crippen molar-refractivity contribution >= 4 is 5.91 Å². The average molecular weight is 449 g/mol. The Kier molecular flexibility index (Phi) is 10.1. The van der Waals surface area contributed by atoms with Crippen LogP contribution >= 0.6 is 0 Å². The van der Waals surface area contributed by atoms with E-state index in [1.807, 2.05) is 20.8 Å². The van der Waals surface area contributed by atoms with Crippen molar-refractivity contribution < 1.29 is 39.1 Å². The second-order valence-corrected chi connectivity index (χ2v) is 8.79. The van der Waals surface area contributed by atoms with E-state index in [9.17, 15) is 20.1 Å². The molecule has 2 saturated heterocycles. The molecule has 0 aromatic heterocycles. The maximum atomic E-state index is 11.5. The molecule has 2 rings (SSSR count). The molecule has 10 nitrogen and oxygen atoms in total. The van der Waals surface area contributed by atoms with Crippen molar-refractivity contribution in [2.75, 3.05) is 19.8 Å². The highest BCUT2D eigenvalue weighted by atomic mass is 16.6. The highest BCUT2D eigenvalue weighted by Gasteiger charge is 2.44. The fourth-order valence-electron chi connectivity index (χ4n) is 4.04. The number of amides is 1. The Morgan fingerprint density at radius 1 is 1.03 bits per heavy atom. The first-order chi connectivity index (χ1) is 14.6. The smallest absolute Gasteiger partial charge is 0.217 e. The van der Waals surface area contributed by atoms with Crippen LogP contribution in [-0.4, -0.2) is 102 Å². The van der Waals surface area contributed by atoms with Crippen LogP contribution in [0.2, 0.25) is 0 Å². The molecular weight excluding hydrogens is 408 g/mol. The van der Waals surface area contributed by atoms with E-state index in [1.54, 1.807) is 6.92 Å². The van der Waals surface area contributed by atoms with E-state index < -0.39 is 48.7 Å². The van der Waals surface area contributed by atoms with Gasteiger partial charge in [0.1, 0.15) is 18.3 Å². The Labute approximate surface area is 184 Å². The molecule has 31 heavy (non-hydrogen) atoms. The summed E-state index contributed by atoms with van der Waals surface area (Å²) in [5.41, 5.74) is 6.20. The number of hydrogen-bond acceptors (Lipinski definition) is 9. The monoisotopic (exact) mass is 448 g/mol. The Hall–Kier alpha value is -0.850. The van der Waals surface area contributed by atoms with Crippen molar-refractivity contribution in [2.45, 2.75) is 102 Å². The molecule has 0 aromatic rings. The van der Waals surface area contributed by atoms with Crippen LogP contribution in [-0.2, 0) is 23.7 Å². The molecule has 10 heteroatoms. The SMILES string of the molecule is CCC(C)OCC1OC(C)C(COCC2OC(C)C(O)C(O)C2NC(C)=O)C(O)C1N. The first-order valence-corrected chi connectivity index (χ1v) is 11.1. The third-order valence-electron chi connectivity index (χ3n) is 6.33. The summed E-state index contributed by atoms with van der Waals surface area (Å²) in [6, 6.07) is -1.41. The van der Waals surface area contributed by atoms with Crippen LogP contribution in [0.1, 0.15) is 41.0 Å². The van der Waals surface area contributed by atoms with E-state index in [-0.39, 0.29) is 37.2 Å². The van der Waals surface area contributed by atoms with Gasteiger partial charge < -0.3 is 45.3 Å². The highest BCUT2D eigenvalue weighted by Crippen LogP contribution is 2.27.